The second kappa shape index (κ2) is 8.76. The van der Waals surface area contributed by atoms with Gasteiger partial charge in [-0.15, -0.1) is 0 Å². The Bertz CT molecular complexity index is 837. The maximum absolute atomic E-state index is 12.8. The largest absolute Gasteiger partial charge is 0.331 e. The summed E-state index contributed by atoms with van der Waals surface area (Å²) in [5, 5.41) is 7.78. The number of piperidine rings is 1. The predicted octanol–water partition coefficient (Wildman–Crippen LogP) is 3.68. The molecular weight excluding hydrogens is 387 g/mol. The lowest BCUT2D eigenvalue weighted by molar-refractivity contribution is -0.140. The normalized spacial score (nSPS) is 17.0. The van der Waals surface area contributed by atoms with Crippen LogP contribution in [0, 0.1) is 0 Å². The van der Waals surface area contributed by atoms with E-state index in [1.165, 1.54) is 0 Å². The second-order valence-electron chi connectivity index (χ2n) is 6.74. The highest BCUT2D eigenvalue weighted by molar-refractivity contribution is 6.42. The number of amides is 2. The topological polar surface area (TPSA) is 67.2 Å². The summed E-state index contributed by atoms with van der Waals surface area (Å²) in [6.07, 6.45) is 7.13. The van der Waals surface area contributed by atoms with Crippen LogP contribution in [0.2, 0.25) is 10.0 Å². The minimum Gasteiger partial charge on any atom is -0.331 e. The molecule has 1 aromatic heterocycles. The molecule has 1 aliphatic heterocycles. The molecule has 0 aliphatic carbocycles. The van der Waals surface area contributed by atoms with Crippen molar-refractivity contribution in [3.05, 3.63) is 46.2 Å². The van der Waals surface area contributed by atoms with Gasteiger partial charge in [0.25, 0.3) is 0 Å². The summed E-state index contributed by atoms with van der Waals surface area (Å²) < 4.78 is 1.72. The van der Waals surface area contributed by atoms with Crippen LogP contribution >= 0.6 is 23.2 Å². The van der Waals surface area contributed by atoms with E-state index in [0.717, 1.165) is 18.4 Å². The molecule has 144 valence electrons. The number of rotatable bonds is 5. The van der Waals surface area contributed by atoms with Gasteiger partial charge in [-0.1, -0.05) is 23.2 Å². The highest BCUT2D eigenvalue weighted by Gasteiger charge is 2.31. The number of aromatic nitrogens is 2. The summed E-state index contributed by atoms with van der Waals surface area (Å²) in [6, 6.07) is 4.48. The fourth-order valence-electron chi connectivity index (χ4n) is 3.30. The standard InChI is InChI=1S/C19H22Cl2N4O2/c1-24-12-13(11-22-24)5-8-18(26)25-9-3-2-4-17(25)19(27)23-14-6-7-15(20)16(21)10-14/h6-7,10-12,17H,2-5,8-9H2,1H3,(H,23,27). The first kappa shape index (κ1) is 19.7. The average Bonchev–Trinajstić information content (AvgIpc) is 3.08. The van der Waals surface area contributed by atoms with Crippen molar-refractivity contribution in [3.8, 4) is 0 Å². The smallest absolute Gasteiger partial charge is 0.247 e. The number of hydrogen-bond donors (Lipinski definition) is 1. The van der Waals surface area contributed by atoms with Crippen molar-refractivity contribution in [1.29, 1.82) is 0 Å². The van der Waals surface area contributed by atoms with E-state index in [1.807, 2.05) is 13.2 Å². The molecule has 1 fully saturated rings. The molecule has 6 nitrogen and oxygen atoms in total. The van der Waals surface area contributed by atoms with Crippen molar-refractivity contribution < 1.29 is 9.59 Å². The Morgan fingerprint density at radius 3 is 2.78 bits per heavy atom. The zero-order valence-electron chi connectivity index (χ0n) is 15.1. The quantitative estimate of drug-likeness (QED) is 0.819. The molecule has 1 aromatic carbocycles. The van der Waals surface area contributed by atoms with E-state index < -0.39 is 6.04 Å². The summed E-state index contributed by atoms with van der Waals surface area (Å²) in [7, 11) is 1.85. The lowest BCUT2D eigenvalue weighted by Crippen LogP contribution is -2.50. The Morgan fingerprint density at radius 1 is 1.26 bits per heavy atom. The molecule has 1 saturated heterocycles. The Balaban J connectivity index is 1.63. The molecule has 2 amide bonds. The highest BCUT2D eigenvalue weighted by Crippen LogP contribution is 2.26. The monoisotopic (exact) mass is 408 g/mol. The number of carbonyl (C=O) groups is 2. The predicted molar refractivity (Wildman–Crippen MR) is 106 cm³/mol. The van der Waals surface area contributed by atoms with Gasteiger partial charge in [-0.05, 0) is 49.4 Å². The van der Waals surface area contributed by atoms with Crippen molar-refractivity contribution in [3.63, 3.8) is 0 Å². The van der Waals surface area contributed by atoms with Gasteiger partial charge in [-0.2, -0.15) is 5.10 Å². The van der Waals surface area contributed by atoms with E-state index in [9.17, 15) is 9.59 Å². The van der Waals surface area contributed by atoms with E-state index in [-0.39, 0.29) is 11.8 Å². The lowest BCUT2D eigenvalue weighted by atomic mass is 10.00. The van der Waals surface area contributed by atoms with Gasteiger partial charge in [0.15, 0.2) is 0 Å². The Kier molecular flexibility index (Phi) is 6.39. The van der Waals surface area contributed by atoms with Gasteiger partial charge >= 0.3 is 0 Å². The lowest BCUT2D eigenvalue weighted by Gasteiger charge is -2.34. The SMILES string of the molecule is Cn1cc(CCC(=O)N2CCCCC2C(=O)Nc2ccc(Cl)c(Cl)c2)cn1. The summed E-state index contributed by atoms with van der Waals surface area (Å²) in [5.74, 6) is -0.198. The first-order chi connectivity index (χ1) is 12.9. The van der Waals surface area contributed by atoms with Crippen LogP contribution in [0.25, 0.3) is 0 Å². The number of likely N-dealkylation sites (tertiary alicyclic amines) is 1. The Labute approximate surface area is 168 Å². The van der Waals surface area contributed by atoms with Gasteiger partial charge in [0, 0.05) is 31.9 Å². The average molecular weight is 409 g/mol. The van der Waals surface area contributed by atoms with Crippen LogP contribution in [0.5, 0.6) is 0 Å². The van der Waals surface area contributed by atoms with Gasteiger partial charge in [-0.3, -0.25) is 14.3 Å². The van der Waals surface area contributed by atoms with Gasteiger partial charge in [0.2, 0.25) is 11.8 Å². The first-order valence-electron chi connectivity index (χ1n) is 8.97. The van der Waals surface area contributed by atoms with Crippen LogP contribution in [-0.2, 0) is 23.1 Å². The van der Waals surface area contributed by atoms with Crippen LogP contribution in [0.3, 0.4) is 0 Å². The van der Waals surface area contributed by atoms with Crippen LogP contribution in [0.1, 0.15) is 31.2 Å². The van der Waals surface area contributed by atoms with Crippen molar-refractivity contribution in [2.45, 2.75) is 38.1 Å². The molecule has 3 rings (SSSR count). The number of nitrogens with zero attached hydrogens (tertiary/aromatic N) is 3. The zero-order valence-corrected chi connectivity index (χ0v) is 16.6. The fraction of sp³-hybridized carbons (Fsp3) is 0.421. The molecule has 2 aromatic rings. The molecule has 0 bridgehead atoms. The van der Waals surface area contributed by atoms with Crippen LogP contribution in [0.15, 0.2) is 30.6 Å². The number of anilines is 1. The molecule has 0 spiro atoms. The molecular formula is C19H22Cl2N4O2. The van der Waals surface area contributed by atoms with Crippen molar-refractivity contribution in [1.82, 2.24) is 14.7 Å². The Morgan fingerprint density at radius 2 is 2.07 bits per heavy atom. The zero-order chi connectivity index (χ0) is 19.4. The first-order valence-corrected chi connectivity index (χ1v) is 9.72. The maximum Gasteiger partial charge on any atom is 0.247 e. The van der Waals surface area contributed by atoms with E-state index in [0.29, 0.717) is 41.5 Å². The third-order valence-electron chi connectivity index (χ3n) is 4.70. The molecule has 1 aliphatic rings. The molecule has 27 heavy (non-hydrogen) atoms. The van der Waals surface area contributed by atoms with Gasteiger partial charge < -0.3 is 10.2 Å². The summed E-state index contributed by atoms with van der Waals surface area (Å²) in [5.41, 5.74) is 1.59. The van der Waals surface area contributed by atoms with E-state index >= 15 is 0 Å². The number of carbonyl (C=O) groups excluding carboxylic acids is 2. The van der Waals surface area contributed by atoms with Crippen molar-refractivity contribution in [2.24, 2.45) is 7.05 Å². The van der Waals surface area contributed by atoms with E-state index in [4.69, 9.17) is 23.2 Å². The molecule has 1 unspecified atom stereocenters. The number of hydrogen-bond acceptors (Lipinski definition) is 3. The molecule has 1 N–H and O–H groups in total. The highest BCUT2D eigenvalue weighted by atomic mass is 35.5. The van der Waals surface area contributed by atoms with Crippen LogP contribution in [0.4, 0.5) is 5.69 Å². The molecule has 8 heteroatoms. The van der Waals surface area contributed by atoms with Gasteiger partial charge in [0.05, 0.1) is 16.2 Å². The molecule has 0 radical (unpaired) electrons. The van der Waals surface area contributed by atoms with Crippen LogP contribution in [-0.4, -0.2) is 39.1 Å². The Hall–Kier alpha value is -2.05. The van der Waals surface area contributed by atoms with E-state index in [2.05, 4.69) is 10.4 Å². The molecule has 0 saturated carbocycles. The van der Waals surface area contributed by atoms with Crippen molar-refractivity contribution >= 4 is 40.7 Å². The van der Waals surface area contributed by atoms with Gasteiger partial charge in [0.1, 0.15) is 6.04 Å². The number of aryl methyl sites for hydroxylation is 2. The second-order valence-corrected chi connectivity index (χ2v) is 7.55. The fourth-order valence-corrected chi connectivity index (χ4v) is 3.60. The number of nitrogens with one attached hydrogen (secondary N) is 1. The van der Waals surface area contributed by atoms with Gasteiger partial charge in [-0.25, -0.2) is 0 Å². The molecule has 1 atom stereocenters. The number of halogens is 2. The summed E-state index contributed by atoms with van der Waals surface area (Å²) in [6.45, 7) is 0.603. The summed E-state index contributed by atoms with van der Waals surface area (Å²) in [4.78, 5) is 27.2. The maximum atomic E-state index is 12.8. The third kappa shape index (κ3) is 5.02. The molecule has 2 heterocycles. The third-order valence-corrected chi connectivity index (χ3v) is 5.44. The minimum absolute atomic E-state index is 0.00663. The van der Waals surface area contributed by atoms with E-state index in [1.54, 1.807) is 34.0 Å². The van der Waals surface area contributed by atoms with Crippen molar-refractivity contribution in [2.75, 3.05) is 11.9 Å². The minimum atomic E-state index is -0.463. The van der Waals surface area contributed by atoms with Crippen LogP contribution < -0.4 is 5.32 Å². The number of benzene rings is 1. The summed E-state index contributed by atoms with van der Waals surface area (Å²) >= 11 is 11.9.